The first-order valence-corrected chi connectivity index (χ1v) is 8.24. The van der Waals surface area contributed by atoms with Gasteiger partial charge < -0.3 is 5.73 Å². The molecule has 0 saturated heterocycles. The molecule has 1 aromatic carbocycles. The third-order valence-corrected chi connectivity index (χ3v) is 4.89. The first-order chi connectivity index (χ1) is 9.67. The summed E-state index contributed by atoms with van der Waals surface area (Å²) in [7, 11) is 0. The Morgan fingerprint density at radius 2 is 2.05 bits per heavy atom. The number of rotatable bonds is 5. The molecule has 0 aromatic heterocycles. The van der Waals surface area contributed by atoms with Gasteiger partial charge in [0.2, 0.25) is 0 Å². The van der Waals surface area contributed by atoms with Gasteiger partial charge in [0.05, 0.1) is 0 Å². The second kappa shape index (κ2) is 7.24. The molecule has 0 radical (unpaired) electrons. The molecule has 0 fully saturated rings. The molecule has 0 aliphatic heterocycles. The van der Waals surface area contributed by atoms with Gasteiger partial charge >= 0.3 is 0 Å². The van der Waals surface area contributed by atoms with Crippen molar-refractivity contribution < 1.29 is 0 Å². The van der Waals surface area contributed by atoms with Crippen molar-refractivity contribution in [3.63, 3.8) is 0 Å². The Hall–Kier alpha value is -0.860. The van der Waals surface area contributed by atoms with Gasteiger partial charge in [0.25, 0.3) is 0 Å². The standard InChI is InChI=1S/C18H30N2/c1-4-14(3)13-20(5-2)17-12-8-10-15-9-6-7-11-16(15)18(17)19/h6-7,9,11,14,17-18H,4-5,8,10,12-13,19H2,1-3H3. The van der Waals surface area contributed by atoms with Crippen LogP contribution in [0, 0.1) is 5.92 Å². The molecule has 112 valence electrons. The van der Waals surface area contributed by atoms with Gasteiger partial charge in [-0.25, -0.2) is 0 Å². The van der Waals surface area contributed by atoms with E-state index in [4.69, 9.17) is 5.73 Å². The summed E-state index contributed by atoms with van der Waals surface area (Å²) in [6.45, 7) is 9.17. The zero-order chi connectivity index (χ0) is 14.5. The Labute approximate surface area is 124 Å². The minimum atomic E-state index is 0.165. The molecule has 0 saturated carbocycles. The smallest absolute Gasteiger partial charge is 0.0455 e. The van der Waals surface area contributed by atoms with Gasteiger partial charge in [-0.3, -0.25) is 4.90 Å². The Kier molecular flexibility index (Phi) is 5.62. The van der Waals surface area contributed by atoms with Gasteiger partial charge in [-0.2, -0.15) is 0 Å². The molecular formula is C18H30N2. The minimum absolute atomic E-state index is 0.165. The molecule has 2 rings (SSSR count). The molecule has 0 spiro atoms. The van der Waals surface area contributed by atoms with Crippen LogP contribution in [0.4, 0.5) is 0 Å². The maximum absolute atomic E-state index is 6.64. The highest BCUT2D eigenvalue weighted by atomic mass is 15.2. The highest BCUT2D eigenvalue weighted by Crippen LogP contribution is 2.30. The molecule has 0 amide bonds. The maximum atomic E-state index is 6.64. The molecule has 2 N–H and O–H groups in total. The van der Waals surface area contributed by atoms with Crippen LogP contribution in [0.2, 0.25) is 0 Å². The molecule has 20 heavy (non-hydrogen) atoms. The second-order valence-corrected chi connectivity index (χ2v) is 6.29. The summed E-state index contributed by atoms with van der Waals surface area (Å²) >= 11 is 0. The first-order valence-electron chi connectivity index (χ1n) is 8.24. The molecule has 1 aliphatic rings. The third kappa shape index (κ3) is 3.42. The average molecular weight is 274 g/mol. The van der Waals surface area contributed by atoms with Crippen LogP contribution in [0.1, 0.15) is 57.2 Å². The highest BCUT2D eigenvalue weighted by Gasteiger charge is 2.29. The molecule has 3 unspecified atom stereocenters. The van der Waals surface area contributed by atoms with E-state index in [9.17, 15) is 0 Å². The average Bonchev–Trinajstić information content (AvgIpc) is 2.64. The van der Waals surface area contributed by atoms with Crippen molar-refractivity contribution in [3.05, 3.63) is 35.4 Å². The van der Waals surface area contributed by atoms with Gasteiger partial charge in [0.1, 0.15) is 0 Å². The fourth-order valence-electron chi connectivity index (χ4n) is 3.41. The normalized spacial score (nSPS) is 24.2. The van der Waals surface area contributed by atoms with E-state index < -0.39 is 0 Å². The van der Waals surface area contributed by atoms with Crippen molar-refractivity contribution >= 4 is 0 Å². The van der Waals surface area contributed by atoms with Gasteiger partial charge in [0.15, 0.2) is 0 Å². The fourth-order valence-corrected chi connectivity index (χ4v) is 3.41. The lowest BCUT2D eigenvalue weighted by atomic mass is 9.95. The van der Waals surface area contributed by atoms with Gasteiger partial charge in [0, 0.05) is 18.6 Å². The lowest BCUT2D eigenvalue weighted by Gasteiger charge is -2.36. The number of hydrogen-bond acceptors (Lipinski definition) is 2. The summed E-state index contributed by atoms with van der Waals surface area (Å²) < 4.78 is 0. The molecular weight excluding hydrogens is 244 g/mol. The highest BCUT2D eigenvalue weighted by molar-refractivity contribution is 5.32. The van der Waals surface area contributed by atoms with E-state index in [1.165, 1.54) is 43.4 Å². The first kappa shape index (κ1) is 15.5. The van der Waals surface area contributed by atoms with Crippen molar-refractivity contribution in [3.8, 4) is 0 Å². The molecule has 1 aromatic rings. The molecule has 0 bridgehead atoms. The number of fused-ring (bicyclic) bond motifs is 1. The quantitative estimate of drug-likeness (QED) is 0.828. The zero-order valence-corrected chi connectivity index (χ0v) is 13.3. The summed E-state index contributed by atoms with van der Waals surface area (Å²) in [5, 5.41) is 0. The Morgan fingerprint density at radius 3 is 2.75 bits per heavy atom. The van der Waals surface area contributed by atoms with Crippen LogP contribution in [-0.4, -0.2) is 24.0 Å². The van der Waals surface area contributed by atoms with E-state index in [1.807, 2.05) is 0 Å². The number of aryl methyl sites for hydroxylation is 1. The van der Waals surface area contributed by atoms with Crippen LogP contribution in [-0.2, 0) is 6.42 Å². The summed E-state index contributed by atoms with van der Waals surface area (Å²) in [6, 6.07) is 9.42. The number of nitrogens with zero attached hydrogens (tertiary/aromatic N) is 1. The molecule has 0 heterocycles. The van der Waals surface area contributed by atoms with Gasteiger partial charge in [-0.1, -0.05) is 51.5 Å². The lowest BCUT2D eigenvalue weighted by Crippen LogP contribution is -2.44. The summed E-state index contributed by atoms with van der Waals surface area (Å²) in [5.41, 5.74) is 9.48. The van der Waals surface area contributed by atoms with Crippen LogP contribution in [0.3, 0.4) is 0 Å². The Balaban J connectivity index is 2.19. The van der Waals surface area contributed by atoms with Crippen molar-refractivity contribution in [1.82, 2.24) is 4.90 Å². The number of benzene rings is 1. The Bertz CT molecular complexity index is 416. The summed E-state index contributed by atoms with van der Waals surface area (Å²) in [4.78, 5) is 2.61. The predicted octanol–water partition coefficient (Wildman–Crippen LogP) is 3.76. The van der Waals surface area contributed by atoms with Crippen LogP contribution < -0.4 is 5.73 Å². The van der Waals surface area contributed by atoms with Crippen LogP contribution in [0.25, 0.3) is 0 Å². The lowest BCUT2D eigenvalue weighted by molar-refractivity contribution is 0.147. The van der Waals surface area contributed by atoms with E-state index >= 15 is 0 Å². The van der Waals surface area contributed by atoms with Gasteiger partial charge in [-0.05, 0) is 42.9 Å². The molecule has 3 atom stereocenters. The van der Waals surface area contributed by atoms with Crippen molar-refractivity contribution in [1.29, 1.82) is 0 Å². The molecule has 2 nitrogen and oxygen atoms in total. The second-order valence-electron chi connectivity index (χ2n) is 6.29. The van der Waals surface area contributed by atoms with E-state index in [-0.39, 0.29) is 6.04 Å². The van der Waals surface area contributed by atoms with Crippen LogP contribution in [0.15, 0.2) is 24.3 Å². The summed E-state index contributed by atoms with van der Waals surface area (Å²) in [6.07, 6.45) is 4.91. The SMILES string of the molecule is CCC(C)CN(CC)C1CCCc2ccccc2C1N. The number of hydrogen-bond donors (Lipinski definition) is 1. The van der Waals surface area contributed by atoms with Crippen molar-refractivity contribution in [2.24, 2.45) is 11.7 Å². The predicted molar refractivity (Wildman–Crippen MR) is 86.8 cm³/mol. The third-order valence-electron chi connectivity index (χ3n) is 4.89. The van der Waals surface area contributed by atoms with Crippen LogP contribution in [0.5, 0.6) is 0 Å². The number of nitrogens with two attached hydrogens (primary N) is 1. The van der Waals surface area contributed by atoms with E-state index in [0.717, 1.165) is 12.5 Å². The Morgan fingerprint density at radius 1 is 1.30 bits per heavy atom. The monoisotopic (exact) mass is 274 g/mol. The summed E-state index contributed by atoms with van der Waals surface area (Å²) in [5.74, 6) is 0.751. The van der Waals surface area contributed by atoms with Crippen molar-refractivity contribution in [2.45, 2.75) is 58.5 Å². The van der Waals surface area contributed by atoms with E-state index in [2.05, 4.69) is 49.9 Å². The molecule has 2 heteroatoms. The van der Waals surface area contributed by atoms with E-state index in [0.29, 0.717) is 6.04 Å². The maximum Gasteiger partial charge on any atom is 0.0455 e. The topological polar surface area (TPSA) is 29.3 Å². The minimum Gasteiger partial charge on any atom is -0.323 e. The van der Waals surface area contributed by atoms with E-state index in [1.54, 1.807) is 0 Å². The zero-order valence-electron chi connectivity index (χ0n) is 13.3. The fraction of sp³-hybridized carbons (Fsp3) is 0.667. The van der Waals surface area contributed by atoms with Gasteiger partial charge in [-0.15, -0.1) is 0 Å². The van der Waals surface area contributed by atoms with Crippen molar-refractivity contribution in [2.75, 3.05) is 13.1 Å². The van der Waals surface area contributed by atoms with Crippen LogP contribution >= 0.6 is 0 Å². The largest absolute Gasteiger partial charge is 0.323 e. The molecule has 1 aliphatic carbocycles. The number of likely N-dealkylation sites (N-methyl/N-ethyl adjacent to an activating group) is 1.